The molecule has 0 heterocycles. The van der Waals surface area contributed by atoms with Crippen LogP contribution in [-0.4, -0.2) is 33.0 Å². The predicted octanol–water partition coefficient (Wildman–Crippen LogP) is 5.65. The van der Waals surface area contributed by atoms with Crippen molar-refractivity contribution in [3.63, 3.8) is 0 Å². The van der Waals surface area contributed by atoms with Crippen LogP contribution in [-0.2, 0) is 14.3 Å². The Morgan fingerprint density at radius 2 is 1.41 bits per heavy atom. The normalized spacial score (nSPS) is 23.9. The van der Waals surface area contributed by atoms with E-state index >= 15 is 0 Å². The summed E-state index contributed by atoms with van der Waals surface area (Å²) < 4.78 is 16.3. The van der Waals surface area contributed by atoms with Gasteiger partial charge in [0.15, 0.2) is 0 Å². The Labute approximate surface area is 222 Å². The van der Waals surface area contributed by atoms with Crippen LogP contribution >= 0.6 is 0 Å². The lowest BCUT2D eigenvalue weighted by molar-refractivity contribution is -0.140. The maximum absolute atomic E-state index is 12.7. The van der Waals surface area contributed by atoms with Gasteiger partial charge in [-0.05, 0) is 92.2 Å². The van der Waals surface area contributed by atoms with E-state index < -0.39 is 5.97 Å². The molecule has 6 heteroatoms. The topological polar surface area (TPSA) is 61.8 Å². The van der Waals surface area contributed by atoms with Crippen LogP contribution in [0.1, 0.15) is 63.9 Å². The van der Waals surface area contributed by atoms with Crippen LogP contribution in [0.25, 0.3) is 6.08 Å². The Morgan fingerprint density at radius 3 is 2.05 bits per heavy atom. The maximum atomic E-state index is 12.7. The van der Waals surface area contributed by atoms with Crippen molar-refractivity contribution in [2.24, 2.45) is 23.7 Å². The molecule has 0 unspecified atom stereocenters. The van der Waals surface area contributed by atoms with Crippen LogP contribution in [0.2, 0.25) is 0 Å². The maximum Gasteiger partial charge on any atom is 0.330 e. The van der Waals surface area contributed by atoms with Gasteiger partial charge >= 0.3 is 11.9 Å². The molecule has 0 amide bonds. The summed E-state index contributed by atoms with van der Waals surface area (Å²) >= 11 is 0. The molecule has 2 aromatic rings. The van der Waals surface area contributed by atoms with E-state index in [1.54, 1.807) is 42.5 Å². The van der Waals surface area contributed by atoms with E-state index in [2.05, 4.69) is 6.92 Å². The van der Waals surface area contributed by atoms with Crippen LogP contribution in [0.15, 0.2) is 54.6 Å². The van der Waals surface area contributed by atoms with Crippen molar-refractivity contribution in [2.45, 2.75) is 58.3 Å². The Kier molecular flexibility index (Phi) is 9.87. The van der Waals surface area contributed by atoms with E-state index in [1.807, 2.05) is 12.1 Å². The van der Waals surface area contributed by atoms with Gasteiger partial charge < -0.3 is 14.2 Å². The van der Waals surface area contributed by atoms with Gasteiger partial charge in [-0.15, -0.1) is 0 Å². The number of benzene rings is 2. The number of carbonyl (C=O) groups excluding carboxylic acids is 2. The molecule has 2 fully saturated rings. The zero-order valence-electron chi connectivity index (χ0n) is 21.8. The Hall–Kier alpha value is -3.02. The SMILES string of the molecule is [B]c1ccc(OCCOC(=O)/C=C/c2ccc(OC(=O)C3CCC(C4CCC(C)CC4)CC3)cc2)cc1. The number of carbonyl (C=O) groups is 2. The highest BCUT2D eigenvalue weighted by atomic mass is 16.6. The highest BCUT2D eigenvalue weighted by molar-refractivity contribution is 6.32. The first kappa shape index (κ1) is 27.0. The third kappa shape index (κ3) is 8.51. The van der Waals surface area contributed by atoms with E-state index in [4.69, 9.17) is 22.1 Å². The molecule has 194 valence electrons. The molecule has 0 bridgehead atoms. The fourth-order valence-corrected chi connectivity index (χ4v) is 5.51. The highest BCUT2D eigenvalue weighted by Gasteiger charge is 2.33. The second-order valence-corrected chi connectivity index (χ2v) is 10.5. The van der Waals surface area contributed by atoms with Crippen molar-refractivity contribution in [3.8, 4) is 11.5 Å². The zero-order chi connectivity index (χ0) is 26.0. The molecule has 0 saturated heterocycles. The molecule has 37 heavy (non-hydrogen) atoms. The first-order chi connectivity index (χ1) is 18.0. The first-order valence-electron chi connectivity index (χ1n) is 13.6. The average Bonchev–Trinajstić information content (AvgIpc) is 2.92. The number of esters is 2. The van der Waals surface area contributed by atoms with Gasteiger partial charge in [0.25, 0.3) is 0 Å². The van der Waals surface area contributed by atoms with Gasteiger partial charge in [-0.25, -0.2) is 4.79 Å². The minimum atomic E-state index is -0.449. The summed E-state index contributed by atoms with van der Waals surface area (Å²) in [6, 6.07) is 14.2. The fourth-order valence-electron chi connectivity index (χ4n) is 5.51. The van der Waals surface area contributed by atoms with Gasteiger partial charge in [-0.2, -0.15) is 0 Å². The van der Waals surface area contributed by atoms with Gasteiger partial charge in [0.2, 0.25) is 0 Å². The molecule has 0 N–H and O–H groups in total. The number of hydrogen-bond donors (Lipinski definition) is 0. The highest BCUT2D eigenvalue weighted by Crippen LogP contribution is 2.41. The molecular weight excluding hydrogens is 463 g/mol. The molecule has 4 rings (SSSR count). The fraction of sp³-hybridized carbons (Fsp3) is 0.484. The smallest absolute Gasteiger partial charge is 0.330 e. The van der Waals surface area contributed by atoms with Gasteiger partial charge in [-0.1, -0.05) is 49.5 Å². The summed E-state index contributed by atoms with van der Waals surface area (Å²) in [5.74, 6) is 3.15. The molecule has 2 aromatic carbocycles. The quantitative estimate of drug-likeness (QED) is 0.146. The van der Waals surface area contributed by atoms with E-state index in [0.29, 0.717) is 17.0 Å². The standard InChI is InChI=1S/C31H37BO5/c1-22-2-7-24(8-3-22)25-9-11-26(12-10-25)31(34)37-29-15-4-23(5-16-29)6-19-30(33)36-21-20-35-28-17-13-27(32)14-18-28/h4-6,13-19,22,24-26H,2-3,7-12,20-21H2,1H3/b19-6+. The van der Waals surface area contributed by atoms with Crippen molar-refractivity contribution >= 4 is 31.3 Å². The average molecular weight is 500 g/mol. The summed E-state index contributed by atoms with van der Waals surface area (Å²) in [5.41, 5.74) is 1.48. The molecule has 2 radical (unpaired) electrons. The Balaban J connectivity index is 1.14. The summed E-state index contributed by atoms with van der Waals surface area (Å²) in [6.45, 7) is 2.76. The van der Waals surface area contributed by atoms with E-state index in [0.717, 1.165) is 49.0 Å². The molecule has 0 spiro atoms. The van der Waals surface area contributed by atoms with Gasteiger partial charge in [0.1, 0.15) is 32.6 Å². The van der Waals surface area contributed by atoms with E-state index in [9.17, 15) is 9.59 Å². The van der Waals surface area contributed by atoms with Crippen LogP contribution in [0.5, 0.6) is 11.5 Å². The molecule has 2 saturated carbocycles. The monoisotopic (exact) mass is 500 g/mol. The lowest BCUT2D eigenvalue weighted by Gasteiger charge is -2.36. The van der Waals surface area contributed by atoms with Crippen molar-refractivity contribution in [1.29, 1.82) is 0 Å². The molecule has 0 aromatic heterocycles. The number of ether oxygens (including phenoxy) is 3. The molecule has 0 atom stereocenters. The van der Waals surface area contributed by atoms with Gasteiger partial charge in [-0.3, -0.25) is 4.79 Å². The van der Waals surface area contributed by atoms with Crippen LogP contribution in [0.3, 0.4) is 0 Å². The van der Waals surface area contributed by atoms with E-state index in [1.165, 1.54) is 31.8 Å². The number of hydrogen-bond acceptors (Lipinski definition) is 5. The zero-order valence-corrected chi connectivity index (χ0v) is 21.8. The molecular formula is C31H37BO5. The van der Waals surface area contributed by atoms with Crippen LogP contribution in [0.4, 0.5) is 0 Å². The molecule has 0 aliphatic heterocycles. The largest absolute Gasteiger partial charge is 0.490 e. The second-order valence-electron chi connectivity index (χ2n) is 10.5. The Bertz CT molecular complexity index is 1030. The van der Waals surface area contributed by atoms with Crippen LogP contribution < -0.4 is 14.9 Å². The van der Waals surface area contributed by atoms with Crippen molar-refractivity contribution in [3.05, 3.63) is 60.2 Å². The van der Waals surface area contributed by atoms with Gasteiger partial charge in [0.05, 0.1) is 5.92 Å². The third-order valence-corrected chi connectivity index (χ3v) is 7.82. The Morgan fingerprint density at radius 1 is 0.811 bits per heavy atom. The second kappa shape index (κ2) is 13.5. The minimum Gasteiger partial charge on any atom is -0.490 e. The van der Waals surface area contributed by atoms with Crippen molar-refractivity contribution in [2.75, 3.05) is 13.2 Å². The van der Waals surface area contributed by atoms with Crippen molar-refractivity contribution < 1.29 is 23.8 Å². The van der Waals surface area contributed by atoms with E-state index in [-0.39, 0.29) is 25.1 Å². The minimum absolute atomic E-state index is 0.00268. The number of rotatable bonds is 9. The first-order valence-corrected chi connectivity index (χ1v) is 13.6. The van der Waals surface area contributed by atoms with Crippen LogP contribution in [0, 0.1) is 23.7 Å². The lowest BCUT2D eigenvalue weighted by Crippen LogP contribution is -2.29. The summed E-state index contributed by atoms with van der Waals surface area (Å²) in [7, 11) is 5.64. The summed E-state index contributed by atoms with van der Waals surface area (Å²) in [5, 5.41) is 0. The molecule has 5 nitrogen and oxygen atoms in total. The summed E-state index contributed by atoms with van der Waals surface area (Å²) in [6.07, 6.45) is 12.6. The molecule has 2 aliphatic carbocycles. The molecule has 2 aliphatic rings. The lowest BCUT2D eigenvalue weighted by atomic mass is 9.69. The third-order valence-electron chi connectivity index (χ3n) is 7.82. The van der Waals surface area contributed by atoms with Gasteiger partial charge in [0, 0.05) is 6.08 Å². The predicted molar refractivity (Wildman–Crippen MR) is 146 cm³/mol. The summed E-state index contributed by atoms with van der Waals surface area (Å²) in [4.78, 5) is 24.7. The van der Waals surface area contributed by atoms with Crippen molar-refractivity contribution in [1.82, 2.24) is 0 Å².